The van der Waals surface area contributed by atoms with Gasteiger partial charge in [0.05, 0.1) is 5.52 Å². The predicted molar refractivity (Wildman–Crippen MR) is 63.7 cm³/mol. The van der Waals surface area contributed by atoms with Crippen LogP contribution in [0.4, 0.5) is 0 Å². The van der Waals surface area contributed by atoms with Crippen molar-refractivity contribution < 1.29 is 9.53 Å². The summed E-state index contributed by atoms with van der Waals surface area (Å²) in [6.45, 7) is 2.60. The van der Waals surface area contributed by atoms with Gasteiger partial charge < -0.3 is 9.30 Å². The molecule has 0 N–H and O–H groups in total. The van der Waals surface area contributed by atoms with Crippen LogP contribution in [0.2, 0.25) is 0 Å². The number of aromatic nitrogens is 1. The first kappa shape index (κ1) is 10.1. The van der Waals surface area contributed by atoms with Crippen molar-refractivity contribution in [2.45, 2.75) is 13.5 Å². The highest BCUT2D eigenvalue weighted by molar-refractivity contribution is 6.04. The van der Waals surface area contributed by atoms with Crippen LogP contribution < -0.4 is 10.2 Å². The number of carbonyl (C=O) groups excluding carboxylic acids is 1. The fraction of sp³-hybridized carbons (Fsp3) is 0.231. The van der Waals surface area contributed by atoms with Gasteiger partial charge in [-0.3, -0.25) is 9.59 Å². The maximum atomic E-state index is 12.2. The molecule has 17 heavy (non-hydrogen) atoms. The average molecular weight is 229 g/mol. The van der Waals surface area contributed by atoms with E-state index in [1.54, 1.807) is 12.1 Å². The van der Waals surface area contributed by atoms with Crippen molar-refractivity contribution in [3.8, 4) is 5.88 Å². The van der Waals surface area contributed by atoms with E-state index >= 15 is 0 Å². The number of ketones is 1. The van der Waals surface area contributed by atoms with Crippen molar-refractivity contribution in [2.75, 3.05) is 6.61 Å². The highest BCUT2D eigenvalue weighted by atomic mass is 16.5. The van der Waals surface area contributed by atoms with Crippen LogP contribution in [0.15, 0.2) is 29.1 Å². The first-order chi connectivity index (χ1) is 8.24. The van der Waals surface area contributed by atoms with Crippen molar-refractivity contribution in [1.29, 1.82) is 0 Å². The van der Waals surface area contributed by atoms with E-state index in [0.717, 1.165) is 5.52 Å². The highest BCUT2D eigenvalue weighted by Gasteiger charge is 2.28. The minimum absolute atomic E-state index is 0.0269. The Morgan fingerprint density at radius 1 is 1.29 bits per heavy atom. The molecular weight excluding hydrogens is 218 g/mol. The minimum Gasteiger partial charge on any atom is -0.470 e. The smallest absolute Gasteiger partial charge is 0.209 e. The Morgan fingerprint density at radius 2 is 2.06 bits per heavy atom. The summed E-state index contributed by atoms with van der Waals surface area (Å²) in [5, 5.41) is 0.576. The molecule has 2 aromatic rings. The molecule has 0 amide bonds. The largest absolute Gasteiger partial charge is 0.470 e. The van der Waals surface area contributed by atoms with Crippen LogP contribution in [-0.2, 0) is 6.54 Å². The number of Topliss-reactive ketones (excluding diaryl/α,β-unsaturated/α-hetero) is 1. The third kappa shape index (κ3) is 1.24. The summed E-state index contributed by atoms with van der Waals surface area (Å²) in [6, 6.07) is 7.29. The number of aryl methyl sites for hydroxylation is 1. The molecule has 1 aromatic carbocycles. The molecule has 2 heterocycles. The van der Waals surface area contributed by atoms with Crippen LogP contribution >= 0.6 is 0 Å². The normalized spacial score (nSPS) is 13.8. The summed E-state index contributed by atoms with van der Waals surface area (Å²) in [5.41, 5.74) is 0.793. The van der Waals surface area contributed by atoms with E-state index in [9.17, 15) is 9.59 Å². The zero-order valence-electron chi connectivity index (χ0n) is 9.40. The van der Waals surface area contributed by atoms with Gasteiger partial charge in [-0.15, -0.1) is 0 Å². The molecule has 4 nitrogen and oxygen atoms in total. The third-order valence-corrected chi connectivity index (χ3v) is 3.06. The SMILES string of the molecule is CCn1c2c(c(=O)c3ccccc31)C(=O)CO2. The van der Waals surface area contributed by atoms with Crippen LogP contribution in [0.3, 0.4) is 0 Å². The van der Waals surface area contributed by atoms with Crippen LogP contribution in [0.25, 0.3) is 10.9 Å². The second-order valence-electron chi connectivity index (χ2n) is 3.98. The van der Waals surface area contributed by atoms with E-state index in [4.69, 9.17) is 4.74 Å². The summed E-state index contributed by atoms with van der Waals surface area (Å²) in [6.07, 6.45) is 0. The minimum atomic E-state index is -0.224. The van der Waals surface area contributed by atoms with Gasteiger partial charge in [0, 0.05) is 11.9 Å². The van der Waals surface area contributed by atoms with Gasteiger partial charge in [0.25, 0.3) is 0 Å². The van der Waals surface area contributed by atoms with Gasteiger partial charge in [0.15, 0.2) is 6.61 Å². The Balaban J connectivity index is 2.56. The standard InChI is InChI=1S/C13H11NO3/c1-2-14-9-6-4-3-5-8(9)12(16)11-10(15)7-17-13(11)14/h3-6H,2,7H2,1H3. The maximum Gasteiger partial charge on any atom is 0.209 e. The molecule has 1 aliphatic rings. The van der Waals surface area contributed by atoms with Gasteiger partial charge in [-0.2, -0.15) is 0 Å². The van der Waals surface area contributed by atoms with Crippen LogP contribution in [0, 0.1) is 0 Å². The molecule has 1 aliphatic heterocycles. The van der Waals surface area contributed by atoms with E-state index in [1.807, 2.05) is 23.6 Å². The number of rotatable bonds is 1. The summed E-state index contributed by atoms with van der Waals surface area (Å²) in [5.74, 6) is 0.194. The van der Waals surface area contributed by atoms with Gasteiger partial charge >= 0.3 is 0 Å². The lowest BCUT2D eigenvalue weighted by Crippen LogP contribution is -2.16. The number of fused-ring (bicyclic) bond motifs is 2. The number of benzene rings is 1. The van der Waals surface area contributed by atoms with E-state index in [2.05, 4.69) is 0 Å². The number of pyridine rings is 1. The maximum absolute atomic E-state index is 12.2. The molecule has 1 aromatic heterocycles. The van der Waals surface area contributed by atoms with E-state index in [0.29, 0.717) is 17.8 Å². The van der Waals surface area contributed by atoms with Crippen LogP contribution in [-0.4, -0.2) is 17.0 Å². The molecule has 4 heteroatoms. The highest BCUT2D eigenvalue weighted by Crippen LogP contribution is 2.26. The molecule has 0 saturated heterocycles. The Bertz CT molecular complexity index is 685. The zero-order chi connectivity index (χ0) is 12.0. The fourth-order valence-electron chi connectivity index (χ4n) is 2.29. The number of hydrogen-bond acceptors (Lipinski definition) is 3. The van der Waals surface area contributed by atoms with Gasteiger partial charge in [0.2, 0.25) is 17.1 Å². The van der Waals surface area contributed by atoms with Gasteiger partial charge in [-0.1, -0.05) is 12.1 Å². The monoisotopic (exact) mass is 229 g/mol. The topological polar surface area (TPSA) is 48.3 Å². The zero-order valence-corrected chi connectivity index (χ0v) is 9.40. The number of ether oxygens (including phenoxy) is 1. The first-order valence-electron chi connectivity index (χ1n) is 5.55. The molecule has 0 fully saturated rings. The molecule has 0 saturated carbocycles. The van der Waals surface area contributed by atoms with Crippen molar-refractivity contribution >= 4 is 16.7 Å². The van der Waals surface area contributed by atoms with Gasteiger partial charge in [0.1, 0.15) is 5.56 Å². The molecule has 3 rings (SSSR count). The summed E-state index contributed by atoms with van der Waals surface area (Å²) >= 11 is 0. The molecule has 86 valence electrons. The summed E-state index contributed by atoms with van der Waals surface area (Å²) < 4.78 is 7.21. The second kappa shape index (κ2) is 3.45. The molecule has 0 spiro atoms. The number of carbonyl (C=O) groups is 1. The molecule has 0 bridgehead atoms. The molecule has 0 atom stereocenters. The Morgan fingerprint density at radius 3 is 2.82 bits per heavy atom. The summed E-state index contributed by atoms with van der Waals surface area (Å²) in [7, 11) is 0. The predicted octanol–water partition coefficient (Wildman–Crippen LogP) is 1.60. The number of nitrogens with zero attached hydrogens (tertiary/aromatic N) is 1. The van der Waals surface area contributed by atoms with Crippen molar-refractivity contribution in [1.82, 2.24) is 4.57 Å². The molecule has 0 unspecified atom stereocenters. The lowest BCUT2D eigenvalue weighted by Gasteiger charge is -2.12. The Kier molecular flexibility index (Phi) is 2.04. The number of para-hydroxylation sites is 1. The van der Waals surface area contributed by atoms with Crippen LogP contribution in [0.5, 0.6) is 5.88 Å². The second-order valence-corrected chi connectivity index (χ2v) is 3.98. The van der Waals surface area contributed by atoms with Crippen molar-refractivity contribution in [3.63, 3.8) is 0 Å². The van der Waals surface area contributed by atoms with E-state index in [-0.39, 0.29) is 23.4 Å². The fourth-order valence-corrected chi connectivity index (χ4v) is 2.29. The molecular formula is C13H11NO3. The quantitative estimate of drug-likeness (QED) is 0.746. The third-order valence-electron chi connectivity index (χ3n) is 3.06. The van der Waals surface area contributed by atoms with Crippen molar-refractivity contribution in [2.24, 2.45) is 0 Å². The van der Waals surface area contributed by atoms with E-state index in [1.165, 1.54) is 0 Å². The molecule has 0 radical (unpaired) electrons. The lowest BCUT2D eigenvalue weighted by molar-refractivity contribution is 0.0959. The Labute approximate surface area is 97.4 Å². The summed E-state index contributed by atoms with van der Waals surface area (Å²) in [4.78, 5) is 23.8. The van der Waals surface area contributed by atoms with E-state index < -0.39 is 0 Å². The van der Waals surface area contributed by atoms with Crippen molar-refractivity contribution in [3.05, 3.63) is 40.1 Å². The van der Waals surface area contributed by atoms with Gasteiger partial charge in [-0.05, 0) is 19.1 Å². The number of hydrogen-bond donors (Lipinski definition) is 0. The lowest BCUT2D eigenvalue weighted by atomic mass is 10.1. The molecule has 0 aliphatic carbocycles. The average Bonchev–Trinajstić information content (AvgIpc) is 2.73. The first-order valence-corrected chi connectivity index (χ1v) is 5.55. The van der Waals surface area contributed by atoms with Crippen LogP contribution in [0.1, 0.15) is 17.3 Å². The Hall–Kier alpha value is -2.10. The van der Waals surface area contributed by atoms with Gasteiger partial charge in [-0.25, -0.2) is 0 Å².